The van der Waals surface area contributed by atoms with Gasteiger partial charge in [0.25, 0.3) is 0 Å². The van der Waals surface area contributed by atoms with E-state index in [2.05, 4.69) is 15.4 Å². The van der Waals surface area contributed by atoms with E-state index in [0.717, 1.165) is 27.8 Å². The molecule has 0 bridgehead atoms. The molecule has 2 aromatic carbocycles. The molecule has 0 radical (unpaired) electrons. The van der Waals surface area contributed by atoms with Gasteiger partial charge in [0, 0.05) is 29.0 Å². The van der Waals surface area contributed by atoms with Gasteiger partial charge in [0.05, 0.1) is 18.4 Å². The largest absolute Gasteiger partial charge is 0.357 e. The van der Waals surface area contributed by atoms with Gasteiger partial charge in [0.15, 0.2) is 0 Å². The lowest BCUT2D eigenvalue weighted by Crippen LogP contribution is -2.20. The van der Waals surface area contributed by atoms with E-state index in [1.165, 1.54) is 6.08 Å². The molecule has 2 N–H and O–H groups in total. The second-order valence-corrected chi connectivity index (χ2v) is 5.99. The summed E-state index contributed by atoms with van der Waals surface area (Å²) in [4.78, 5) is 15.3. The zero-order valence-electron chi connectivity index (χ0n) is 14.1. The summed E-state index contributed by atoms with van der Waals surface area (Å²) >= 11 is 0. The first-order valence-electron chi connectivity index (χ1n) is 8.40. The summed E-state index contributed by atoms with van der Waals surface area (Å²) in [7, 11) is 0. The minimum atomic E-state index is -0.142. The van der Waals surface area contributed by atoms with Gasteiger partial charge in [-0.25, -0.2) is 4.68 Å². The van der Waals surface area contributed by atoms with Gasteiger partial charge in [-0.15, -0.1) is 0 Å². The van der Waals surface area contributed by atoms with Crippen LogP contribution in [0.4, 0.5) is 0 Å². The van der Waals surface area contributed by atoms with Crippen molar-refractivity contribution in [2.75, 3.05) is 0 Å². The van der Waals surface area contributed by atoms with Crippen molar-refractivity contribution in [3.8, 4) is 5.69 Å². The van der Waals surface area contributed by atoms with Crippen molar-refractivity contribution in [2.45, 2.75) is 6.54 Å². The van der Waals surface area contributed by atoms with Crippen molar-refractivity contribution in [1.29, 1.82) is 0 Å². The molecule has 0 atom stereocenters. The highest BCUT2D eigenvalue weighted by molar-refractivity contribution is 5.91. The Balaban J connectivity index is 1.36. The minimum Gasteiger partial charge on any atom is -0.357 e. The van der Waals surface area contributed by atoms with Crippen LogP contribution in [-0.2, 0) is 11.3 Å². The SMILES string of the molecule is O=C(/C=C/c1cnn(-c2ccccc2)c1)NCc1cc2ccccc2[nH]1. The molecule has 0 saturated heterocycles. The number of carbonyl (C=O) groups is 1. The third-order valence-electron chi connectivity index (χ3n) is 4.09. The van der Waals surface area contributed by atoms with Gasteiger partial charge in [0.1, 0.15) is 0 Å². The fourth-order valence-corrected chi connectivity index (χ4v) is 2.79. The Morgan fingerprint density at radius 3 is 2.77 bits per heavy atom. The van der Waals surface area contributed by atoms with Crippen LogP contribution in [0.5, 0.6) is 0 Å². The molecule has 0 fully saturated rings. The van der Waals surface area contributed by atoms with E-state index < -0.39 is 0 Å². The molecule has 1 amide bonds. The Morgan fingerprint density at radius 1 is 1.12 bits per heavy atom. The van der Waals surface area contributed by atoms with Crippen LogP contribution >= 0.6 is 0 Å². The van der Waals surface area contributed by atoms with Crippen LogP contribution in [0.3, 0.4) is 0 Å². The Labute approximate surface area is 151 Å². The van der Waals surface area contributed by atoms with Gasteiger partial charge in [-0.1, -0.05) is 36.4 Å². The van der Waals surface area contributed by atoms with E-state index >= 15 is 0 Å². The van der Waals surface area contributed by atoms with Crippen LogP contribution in [-0.4, -0.2) is 20.7 Å². The predicted molar refractivity (Wildman–Crippen MR) is 103 cm³/mol. The van der Waals surface area contributed by atoms with Crippen LogP contribution in [0, 0.1) is 0 Å². The van der Waals surface area contributed by atoms with Crippen molar-refractivity contribution in [3.63, 3.8) is 0 Å². The van der Waals surface area contributed by atoms with Gasteiger partial charge in [0.2, 0.25) is 5.91 Å². The van der Waals surface area contributed by atoms with E-state index in [1.54, 1.807) is 17.0 Å². The molecule has 2 heterocycles. The highest BCUT2D eigenvalue weighted by Crippen LogP contribution is 2.14. The van der Waals surface area contributed by atoms with Gasteiger partial charge in [-0.3, -0.25) is 4.79 Å². The maximum Gasteiger partial charge on any atom is 0.244 e. The fraction of sp³-hybridized carbons (Fsp3) is 0.0476. The summed E-state index contributed by atoms with van der Waals surface area (Å²) in [5.41, 5.74) is 3.90. The number of benzene rings is 2. The molecule has 0 aliphatic carbocycles. The molecular formula is C21H18N4O. The zero-order valence-corrected chi connectivity index (χ0v) is 14.1. The zero-order chi connectivity index (χ0) is 17.8. The number of nitrogens with zero attached hydrogens (tertiary/aromatic N) is 2. The molecule has 4 rings (SSSR count). The van der Waals surface area contributed by atoms with E-state index in [9.17, 15) is 4.79 Å². The van der Waals surface area contributed by atoms with Crippen LogP contribution in [0.1, 0.15) is 11.3 Å². The van der Waals surface area contributed by atoms with Gasteiger partial charge in [-0.2, -0.15) is 5.10 Å². The number of hydrogen-bond donors (Lipinski definition) is 2. The summed E-state index contributed by atoms with van der Waals surface area (Å²) in [6.07, 6.45) is 6.90. The van der Waals surface area contributed by atoms with Crippen LogP contribution in [0.15, 0.2) is 79.1 Å². The number of amides is 1. The smallest absolute Gasteiger partial charge is 0.244 e. The monoisotopic (exact) mass is 342 g/mol. The van der Waals surface area contributed by atoms with Crippen molar-refractivity contribution in [2.24, 2.45) is 0 Å². The predicted octanol–water partition coefficient (Wildman–Crippen LogP) is 3.68. The van der Waals surface area contributed by atoms with Crippen LogP contribution in [0.2, 0.25) is 0 Å². The van der Waals surface area contributed by atoms with E-state index in [-0.39, 0.29) is 5.91 Å². The number of para-hydroxylation sites is 2. The van der Waals surface area contributed by atoms with Gasteiger partial charge >= 0.3 is 0 Å². The third-order valence-corrected chi connectivity index (χ3v) is 4.09. The molecule has 26 heavy (non-hydrogen) atoms. The van der Waals surface area contributed by atoms with Gasteiger partial charge in [-0.05, 0) is 35.7 Å². The van der Waals surface area contributed by atoms with E-state index in [0.29, 0.717) is 6.54 Å². The normalized spacial score (nSPS) is 11.2. The lowest BCUT2D eigenvalue weighted by molar-refractivity contribution is -0.116. The van der Waals surface area contributed by atoms with E-state index in [1.807, 2.05) is 66.9 Å². The van der Waals surface area contributed by atoms with Crippen molar-refractivity contribution in [3.05, 3.63) is 90.4 Å². The molecule has 0 aliphatic heterocycles. The molecule has 128 valence electrons. The number of fused-ring (bicyclic) bond motifs is 1. The quantitative estimate of drug-likeness (QED) is 0.544. The third kappa shape index (κ3) is 3.57. The second kappa shape index (κ2) is 7.11. The second-order valence-electron chi connectivity index (χ2n) is 5.99. The molecule has 0 spiro atoms. The van der Waals surface area contributed by atoms with Crippen LogP contribution < -0.4 is 5.32 Å². The number of rotatable bonds is 5. The Hall–Kier alpha value is -3.60. The molecule has 4 aromatic rings. The first-order chi connectivity index (χ1) is 12.8. The molecular weight excluding hydrogens is 324 g/mol. The highest BCUT2D eigenvalue weighted by atomic mass is 16.1. The summed E-state index contributed by atoms with van der Waals surface area (Å²) in [5.74, 6) is -0.142. The molecule has 0 aliphatic rings. The average Bonchev–Trinajstić information content (AvgIpc) is 3.32. The first kappa shape index (κ1) is 15.9. The Bertz CT molecular complexity index is 1030. The molecule has 5 nitrogen and oxygen atoms in total. The number of hydrogen-bond acceptors (Lipinski definition) is 2. The summed E-state index contributed by atoms with van der Waals surface area (Å²) in [6.45, 7) is 0.459. The van der Waals surface area contributed by atoms with Crippen molar-refractivity contribution < 1.29 is 4.79 Å². The van der Waals surface area contributed by atoms with Gasteiger partial charge < -0.3 is 10.3 Å². The topological polar surface area (TPSA) is 62.7 Å². The average molecular weight is 342 g/mol. The number of aromatic amines is 1. The fourth-order valence-electron chi connectivity index (χ4n) is 2.79. The standard InChI is InChI=1S/C21H18N4O/c26-21(22-14-18-12-17-6-4-5-9-20(17)24-18)11-10-16-13-23-25(15-16)19-7-2-1-3-8-19/h1-13,15,24H,14H2,(H,22,26)/b11-10+. The summed E-state index contributed by atoms with van der Waals surface area (Å²) in [6, 6.07) is 19.9. The van der Waals surface area contributed by atoms with Crippen molar-refractivity contribution >= 4 is 22.9 Å². The summed E-state index contributed by atoms with van der Waals surface area (Å²) in [5, 5.41) is 8.33. The summed E-state index contributed by atoms with van der Waals surface area (Å²) < 4.78 is 1.78. The molecule has 0 saturated carbocycles. The lowest BCUT2D eigenvalue weighted by atomic mass is 10.2. The van der Waals surface area contributed by atoms with E-state index in [4.69, 9.17) is 0 Å². The molecule has 2 aromatic heterocycles. The molecule has 0 unspecified atom stereocenters. The number of carbonyl (C=O) groups excluding carboxylic acids is 1. The Morgan fingerprint density at radius 2 is 1.92 bits per heavy atom. The van der Waals surface area contributed by atoms with Crippen LogP contribution in [0.25, 0.3) is 22.7 Å². The number of H-pyrrole nitrogens is 1. The lowest BCUT2D eigenvalue weighted by Gasteiger charge is -1.99. The Kier molecular flexibility index (Phi) is 4.35. The number of nitrogens with one attached hydrogen (secondary N) is 2. The van der Waals surface area contributed by atoms with Crippen molar-refractivity contribution in [1.82, 2.24) is 20.1 Å². The first-order valence-corrected chi connectivity index (χ1v) is 8.40. The minimum absolute atomic E-state index is 0.142. The molecule has 5 heteroatoms. The number of aromatic nitrogens is 3. The maximum absolute atomic E-state index is 12.0. The maximum atomic E-state index is 12.0. The highest BCUT2D eigenvalue weighted by Gasteiger charge is 2.02.